The molecule has 0 bridgehead atoms. The lowest BCUT2D eigenvalue weighted by Crippen LogP contribution is -2.31. The first-order chi connectivity index (χ1) is 8.22. The summed E-state index contributed by atoms with van der Waals surface area (Å²) >= 11 is 0. The van der Waals surface area contributed by atoms with Crippen molar-refractivity contribution < 1.29 is 4.52 Å². The fourth-order valence-corrected chi connectivity index (χ4v) is 1.51. The third-order valence-corrected chi connectivity index (χ3v) is 2.44. The molecule has 17 heavy (non-hydrogen) atoms. The van der Waals surface area contributed by atoms with Crippen LogP contribution < -0.4 is 11.1 Å². The second kappa shape index (κ2) is 6.73. The van der Waals surface area contributed by atoms with E-state index >= 15 is 0 Å². The van der Waals surface area contributed by atoms with Gasteiger partial charge in [-0.15, -0.1) is 6.58 Å². The number of aryl methyl sites for hydroxylation is 2. The predicted molar refractivity (Wildman–Crippen MR) is 68.8 cm³/mol. The van der Waals surface area contributed by atoms with Crippen LogP contribution in [0, 0.1) is 0 Å². The van der Waals surface area contributed by atoms with Crippen molar-refractivity contribution in [2.24, 2.45) is 10.7 Å². The Kier molecular flexibility index (Phi) is 5.26. The zero-order valence-electron chi connectivity index (χ0n) is 10.5. The Morgan fingerprint density at radius 2 is 2.29 bits per heavy atom. The molecule has 5 heteroatoms. The van der Waals surface area contributed by atoms with Crippen LogP contribution in [0.15, 0.2) is 22.2 Å². The summed E-state index contributed by atoms with van der Waals surface area (Å²) in [7, 11) is 0. The van der Waals surface area contributed by atoms with Gasteiger partial charge in [0.15, 0.2) is 5.96 Å². The zero-order valence-corrected chi connectivity index (χ0v) is 10.5. The average molecular weight is 236 g/mol. The summed E-state index contributed by atoms with van der Waals surface area (Å²) in [6, 6.07) is 0. The largest absolute Gasteiger partial charge is 0.370 e. The molecule has 0 aliphatic heterocycles. The van der Waals surface area contributed by atoms with Crippen LogP contribution in [0.25, 0.3) is 0 Å². The number of rotatable bonds is 6. The first-order valence-electron chi connectivity index (χ1n) is 5.83. The number of hydrogen-bond donors (Lipinski definition) is 2. The van der Waals surface area contributed by atoms with E-state index in [1.807, 2.05) is 13.8 Å². The molecule has 1 aromatic heterocycles. The van der Waals surface area contributed by atoms with Crippen molar-refractivity contribution in [3.63, 3.8) is 0 Å². The number of nitrogens with one attached hydrogen (secondary N) is 1. The maximum absolute atomic E-state index is 5.70. The molecule has 0 atom stereocenters. The van der Waals surface area contributed by atoms with Gasteiger partial charge in [-0.1, -0.05) is 25.1 Å². The topological polar surface area (TPSA) is 76.4 Å². The van der Waals surface area contributed by atoms with E-state index in [1.165, 1.54) is 0 Å². The quantitative estimate of drug-likeness (QED) is 0.444. The van der Waals surface area contributed by atoms with Crippen LogP contribution >= 0.6 is 0 Å². The highest BCUT2D eigenvalue weighted by Crippen LogP contribution is 2.16. The fraction of sp³-hybridized carbons (Fsp3) is 0.500. The van der Waals surface area contributed by atoms with Gasteiger partial charge in [-0.2, -0.15) is 0 Å². The summed E-state index contributed by atoms with van der Waals surface area (Å²) in [6.07, 6.45) is 3.39. The molecule has 0 unspecified atom stereocenters. The number of nitrogens with two attached hydrogens (primary N) is 1. The highest BCUT2D eigenvalue weighted by atomic mass is 16.5. The highest BCUT2D eigenvalue weighted by molar-refractivity contribution is 5.77. The van der Waals surface area contributed by atoms with Crippen molar-refractivity contribution in [3.05, 3.63) is 29.7 Å². The molecule has 0 aliphatic carbocycles. The Balaban J connectivity index is 2.72. The number of nitrogens with zero attached hydrogens (tertiary/aromatic N) is 2. The molecule has 3 N–H and O–H groups in total. The summed E-state index contributed by atoms with van der Waals surface area (Å²) < 4.78 is 5.25. The maximum Gasteiger partial charge on any atom is 0.189 e. The first-order valence-corrected chi connectivity index (χ1v) is 5.83. The monoisotopic (exact) mass is 236 g/mol. The molecule has 94 valence electrons. The number of guanidine groups is 1. The van der Waals surface area contributed by atoms with E-state index in [-0.39, 0.29) is 0 Å². The van der Waals surface area contributed by atoms with Gasteiger partial charge in [0, 0.05) is 18.5 Å². The molecule has 0 aromatic carbocycles. The van der Waals surface area contributed by atoms with E-state index in [4.69, 9.17) is 10.3 Å². The molecule has 0 fully saturated rings. The standard InChI is InChI=1S/C12H20N4O/c1-4-7-14-12(13)15-8-9-10(5-2)16-17-11(9)6-3/h4H,1,5-8H2,2-3H3,(H3,13,14,15). The van der Waals surface area contributed by atoms with Crippen molar-refractivity contribution in [1.82, 2.24) is 10.5 Å². The molecule has 1 aromatic rings. The zero-order chi connectivity index (χ0) is 12.7. The van der Waals surface area contributed by atoms with Gasteiger partial charge >= 0.3 is 0 Å². The van der Waals surface area contributed by atoms with Crippen molar-refractivity contribution in [2.75, 3.05) is 6.54 Å². The van der Waals surface area contributed by atoms with Crippen LogP contribution in [0.2, 0.25) is 0 Å². The van der Waals surface area contributed by atoms with Gasteiger partial charge in [0.2, 0.25) is 0 Å². The lowest BCUT2D eigenvalue weighted by Gasteiger charge is -2.02. The maximum atomic E-state index is 5.70. The van der Waals surface area contributed by atoms with Gasteiger partial charge in [0.1, 0.15) is 5.76 Å². The minimum Gasteiger partial charge on any atom is -0.370 e. The fourth-order valence-electron chi connectivity index (χ4n) is 1.51. The lowest BCUT2D eigenvalue weighted by molar-refractivity contribution is 0.380. The molecule has 0 saturated heterocycles. The van der Waals surface area contributed by atoms with Gasteiger partial charge < -0.3 is 15.6 Å². The van der Waals surface area contributed by atoms with Gasteiger partial charge in [-0.25, -0.2) is 4.99 Å². The molecule has 0 amide bonds. The highest BCUT2D eigenvalue weighted by Gasteiger charge is 2.12. The Bertz CT molecular complexity index is 374. The molecule has 0 radical (unpaired) electrons. The molecule has 1 rings (SSSR count). The van der Waals surface area contributed by atoms with E-state index in [0.717, 1.165) is 29.9 Å². The van der Waals surface area contributed by atoms with Gasteiger partial charge in [0.05, 0.1) is 12.2 Å². The molecular weight excluding hydrogens is 216 g/mol. The van der Waals surface area contributed by atoms with Crippen molar-refractivity contribution in [1.29, 1.82) is 0 Å². The van der Waals surface area contributed by atoms with Crippen LogP contribution in [0.1, 0.15) is 30.9 Å². The second-order valence-corrected chi connectivity index (χ2v) is 3.61. The molecule has 0 aliphatic rings. The van der Waals surface area contributed by atoms with Gasteiger partial charge in [-0.3, -0.25) is 0 Å². The lowest BCUT2D eigenvalue weighted by atomic mass is 10.1. The summed E-state index contributed by atoms with van der Waals surface area (Å²) in [5.41, 5.74) is 7.71. The molecule has 5 nitrogen and oxygen atoms in total. The van der Waals surface area contributed by atoms with Crippen molar-refractivity contribution in [2.45, 2.75) is 33.2 Å². The Hall–Kier alpha value is -1.78. The normalized spacial score (nSPS) is 11.5. The summed E-state index contributed by atoms with van der Waals surface area (Å²) in [5.74, 6) is 1.30. The summed E-state index contributed by atoms with van der Waals surface area (Å²) in [5, 5.41) is 6.95. The van der Waals surface area contributed by atoms with Crippen molar-refractivity contribution in [3.8, 4) is 0 Å². The van der Waals surface area contributed by atoms with Crippen LogP contribution in [0.5, 0.6) is 0 Å². The molecule has 1 heterocycles. The van der Waals surface area contributed by atoms with Crippen molar-refractivity contribution >= 4 is 5.96 Å². The van der Waals surface area contributed by atoms with Crippen LogP contribution in [-0.4, -0.2) is 17.7 Å². The number of aliphatic imine (C=N–C) groups is 1. The third-order valence-electron chi connectivity index (χ3n) is 2.44. The number of aromatic nitrogens is 1. The minimum atomic E-state index is 0.412. The van der Waals surface area contributed by atoms with E-state index in [0.29, 0.717) is 19.0 Å². The Morgan fingerprint density at radius 3 is 2.88 bits per heavy atom. The van der Waals surface area contributed by atoms with Crippen LogP contribution in [-0.2, 0) is 19.4 Å². The Labute approximate surface area is 102 Å². The van der Waals surface area contributed by atoms with Gasteiger partial charge in [-0.05, 0) is 6.42 Å². The molecule has 0 saturated carbocycles. The smallest absolute Gasteiger partial charge is 0.189 e. The minimum absolute atomic E-state index is 0.412. The van der Waals surface area contributed by atoms with Crippen LogP contribution in [0.3, 0.4) is 0 Å². The SMILES string of the molecule is C=CCNC(N)=NCc1c(CC)noc1CC. The van der Waals surface area contributed by atoms with E-state index in [1.54, 1.807) is 6.08 Å². The predicted octanol–water partition coefficient (Wildman–Crippen LogP) is 1.39. The van der Waals surface area contributed by atoms with E-state index < -0.39 is 0 Å². The average Bonchev–Trinajstić information content (AvgIpc) is 2.75. The van der Waals surface area contributed by atoms with E-state index in [2.05, 4.69) is 22.0 Å². The molecule has 0 spiro atoms. The second-order valence-electron chi connectivity index (χ2n) is 3.61. The third kappa shape index (κ3) is 3.62. The summed E-state index contributed by atoms with van der Waals surface area (Å²) in [6.45, 7) is 8.80. The number of hydrogen-bond acceptors (Lipinski definition) is 3. The van der Waals surface area contributed by atoms with Gasteiger partial charge in [0.25, 0.3) is 0 Å². The first kappa shape index (κ1) is 13.3. The summed E-state index contributed by atoms with van der Waals surface area (Å²) in [4.78, 5) is 4.26. The molecular formula is C12H20N4O. The Morgan fingerprint density at radius 1 is 1.53 bits per heavy atom. The van der Waals surface area contributed by atoms with Crippen LogP contribution in [0.4, 0.5) is 0 Å². The van der Waals surface area contributed by atoms with E-state index in [9.17, 15) is 0 Å².